The van der Waals surface area contributed by atoms with E-state index in [9.17, 15) is 13.2 Å². The molecule has 1 heterocycles. The molecule has 3 aromatic rings. The molecule has 0 fully saturated rings. The first-order chi connectivity index (χ1) is 9.43. The van der Waals surface area contributed by atoms with E-state index in [0.717, 1.165) is 21.3 Å². The maximum atomic E-state index is 12.7. The quantitative estimate of drug-likeness (QED) is 0.593. The summed E-state index contributed by atoms with van der Waals surface area (Å²) in [6.07, 6.45) is -4.34. The van der Waals surface area contributed by atoms with Gasteiger partial charge in [0.2, 0.25) is 0 Å². The summed E-state index contributed by atoms with van der Waals surface area (Å²) in [5.41, 5.74) is 1.07. The van der Waals surface area contributed by atoms with E-state index in [0.29, 0.717) is 16.9 Å². The van der Waals surface area contributed by atoms with E-state index < -0.39 is 11.7 Å². The molecule has 0 spiro atoms. The molecular formula is C14H8F3IN2. The number of hydrogen-bond donors (Lipinski definition) is 1. The average Bonchev–Trinajstić information content (AvgIpc) is 2.81. The molecule has 20 heavy (non-hydrogen) atoms. The number of aromatic amines is 1. The van der Waals surface area contributed by atoms with Crippen LogP contribution in [-0.2, 0) is 6.18 Å². The van der Waals surface area contributed by atoms with Crippen LogP contribution in [0.25, 0.3) is 22.4 Å². The maximum Gasteiger partial charge on any atom is 0.416 e. The first kappa shape index (κ1) is 13.4. The fourth-order valence-electron chi connectivity index (χ4n) is 1.93. The van der Waals surface area contributed by atoms with E-state index in [1.54, 1.807) is 0 Å². The van der Waals surface area contributed by atoms with Crippen LogP contribution < -0.4 is 0 Å². The van der Waals surface area contributed by atoms with E-state index in [2.05, 4.69) is 32.6 Å². The van der Waals surface area contributed by atoms with Crippen LogP contribution in [0.15, 0.2) is 42.5 Å². The Morgan fingerprint density at radius 3 is 2.35 bits per heavy atom. The molecule has 0 saturated carbocycles. The number of imidazole rings is 1. The van der Waals surface area contributed by atoms with E-state index in [-0.39, 0.29) is 0 Å². The fraction of sp³-hybridized carbons (Fsp3) is 0.0714. The lowest BCUT2D eigenvalue weighted by Gasteiger charge is -2.05. The molecule has 0 bridgehead atoms. The first-order valence-corrected chi connectivity index (χ1v) is 6.84. The zero-order chi connectivity index (χ0) is 14.3. The second-order valence-electron chi connectivity index (χ2n) is 4.32. The SMILES string of the molecule is FC(F)(F)c1ccc2nc(-c3ccc(I)cc3)[nH]c2c1. The van der Waals surface area contributed by atoms with Crippen molar-refractivity contribution in [2.45, 2.75) is 6.18 Å². The average molecular weight is 388 g/mol. The minimum absolute atomic E-state index is 0.383. The van der Waals surface area contributed by atoms with E-state index in [4.69, 9.17) is 0 Å². The fourth-order valence-corrected chi connectivity index (χ4v) is 2.29. The highest BCUT2D eigenvalue weighted by molar-refractivity contribution is 14.1. The highest BCUT2D eigenvalue weighted by Gasteiger charge is 2.30. The summed E-state index contributed by atoms with van der Waals surface area (Å²) >= 11 is 2.19. The van der Waals surface area contributed by atoms with Crippen molar-refractivity contribution in [3.05, 3.63) is 51.6 Å². The molecule has 0 aliphatic rings. The second-order valence-corrected chi connectivity index (χ2v) is 5.57. The summed E-state index contributed by atoms with van der Waals surface area (Å²) in [6.45, 7) is 0. The van der Waals surface area contributed by atoms with Gasteiger partial charge in [-0.25, -0.2) is 4.98 Å². The molecule has 1 N–H and O–H groups in total. The lowest BCUT2D eigenvalue weighted by molar-refractivity contribution is -0.137. The third kappa shape index (κ3) is 2.52. The zero-order valence-corrected chi connectivity index (χ0v) is 12.2. The summed E-state index contributed by atoms with van der Waals surface area (Å²) in [4.78, 5) is 7.24. The van der Waals surface area contributed by atoms with Gasteiger partial charge in [0, 0.05) is 9.13 Å². The van der Waals surface area contributed by atoms with Gasteiger partial charge in [0.15, 0.2) is 0 Å². The Labute approximate surface area is 126 Å². The van der Waals surface area contributed by atoms with Crippen LogP contribution in [0, 0.1) is 3.57 Å². The lowest BCUT2D eigenvalue weighted by atomic mass is 10.2. The molecule has 0 atom stereocenters. The van der Waals surface area contributed by atoms with Crippen LogP contribution >= 0.6 is 22.6 Å². The lowest BCUT2D eigenvalue weighted by Crippen LogP contribution is -2.04. The van der Waals surface area contributed by atoms with Gasteiger partial charge in [-0.1, -0.05) is 12.1 Å². The van der Waals surface area contributed by atoms with Crippen LogP contribution in [0.3, 0.4) is 0 Å². The van der Waals surface area contributed by atoms with Gasteiger partial charge < -0.3 is 4.98 Å². The Bertz CT molecular complexity index is 760. The van der Waals surface area contributed by atoms with Crippen LogP contribution in [0.5, 0.6) is 0 Å². The number of H-pyrrole nitrogens is 1. The number of rotatable bonds is 1. The van der Waals surface area contributed by atoms with Gasteiger partial charge in [-0.2, -0.15) is 13.2 Å². The highest BCUT2D eigenvalue weighted by atomic mass is 127. The summed E-state index contributed by atoms with van der Waals surface area (Å²) < 4.78 is 39.0. The minimum Gasteiger partial charge on any atom is -0.338 e. The van der Waals surface area contributed by atoms with E-state index in [1.807, 2.05) is 24.3 Å². The number of benzene rings is 2. The Hall–Kier alpha value is -1.57. The Kier molecular flexibility index (Phi) is 3.19. The summed E-state index contributed by atoms with van der Waals surface area (Å²) in [5.74, 6) is 0.565. The largest absolute Gasteiger partial charge is 0.416 e. The van der Waals surface area contributed by atoms with Gasteiger partial charge in [0.1, 0.15) is 5.82 Å². The van der Waals surface area contributed by atoms with Crippen molar-refractivity contribution in [2.24, 2.45) is 0 Å². The molecule has 6 heteroatoms. The van der Waals surface area contributed by atoms with Crippen molar-refractivity contribution in [3.63, 3.8) is 0 Å². The smallest absolute Gasteiger partial charge is 0.338 e. The summed E-state index contributed by atoms with van der Waals surface area (Å²) in [5, 5.41) is 0. The van der Waals surface area contributed by atoms with Crippen molar-refractivity contribution in [1.29, 1.82) is 0 Å². The van der Waals surface area contributed by atoms with Gasteiger partial charge in [-0.15, -0.1) is 0 Å². The number of alkyl halides is 3. The summed E-state index contributed by atoms with van der Waals surface area (Å²) in [6, 6.07) is 11.1. The molecule has 2 aromatic carbocycles. The van der Waals surface area contributed by atoms with E-state index >= 15 is 0 Å². The zero-order valence-electron chi connectivity index (χ0n) is 10.0. The van der Waals surface area contributed by atoms with Gasteiger partial charge in [0.05, 0.1) is 16.6 Å². The van der Waals surface area contributed by atoms with Crippen molar-refractivity contribution in [1.82, 2.24) is 9.97 Å². The Balaban J connectivity index is 2.09. The molecule has 0 aliphatic carbocycles. The normalized spacial score (nSPS) is 12.0. The van der Waals surface area contributed by atoms with Crippen molar-refractivity contribution >= 4 is 33.6 Å². The standard InChI is InChI=1S/C14H8F3IN2/c15-14(16,17)9-3-6-11-12(7-9)20-13(19-11)8-1-4-10(18)5-2-8/h1-7H,(H,19,20). The van der Waals surface area contributed by atoms with Crippen molar-refractivity contribution in [2.75, 3.05) is 0 Å². The number of fused-ring (bicyclic) bond motifs is 1. The number of aromatic nitrogens is 2. The van der Waals surface area contributed by atoms with Gasteiger partial charge in [-0.05, 0) is 52.9 Å². The molecular weight excluding hydrogens is 380 g/mol. The second kappa shape index (κ2) is 4.76. The molecule has 0 unspecified atom stereocenters. The third-order valence-electron chi connectivity index (χ3n) is 2.93. The van der Waals surface area contributed by atoms with Gasteiger partial charge >= 0.3 is 6.18 Å². The van der Waals surface area contributed by atoms with Gasteiger partial charge in [-0.3, -0.25) is 0 Å². The predicted octanol–water partition coefficient (Wildman–Crippen LogP) is 4.85. The Morgan fingerprint density at radius 1 is 1.00 bits per heavy atom. The third-order valence-corrected chi connectivity index (χ3v) is 3.65. The van der Waals surface area contributed by atoms with Crippen LogP contribution in [0.1, 0.15) is 5.56 Å². The monoisotopic (exact) mass is 388 g/mol. The molecule has 2 nitrogen and oxygen atoms in total. The molecule has 0 amide bonds. The molecule has 1 aromatic heterocycles. The predicted molar refractivity (Wildman–Crippen MR) is 79.2 cm³/mol. The van der Waals surface area contributed by atoms with Crippen molar-refractivity contribution in [3.8, 4) is 11.4 Å². The van der Waals surface area contributed by atoms with Crippen LogP contribution in [0.4, 0.5) is 13.2 Å². The number of halogens is 4. The van der Waals surface area contributed by atoms with Crippen molar-refractivity contribution < 1.29 is 13.2 Å². The highest BCUT2D eigenvalue weighted by Crippen LogP contribution is 2.31. The molecule has 102 valence electrons. The van der Waals surface area contributed by atoms with E-state index in [1.165, 1.54) is 6.07 Å². The first-order valence-electron chi connectivity index (χ1n) is 5.76. The molecule has 0 radical (unpaired) electrons. The number of nitrogens with one attached hydrogen (secondary N) is 1. The van der Waals surface area contributed by atoms with Gasteiger partial charge in [0.25, 0.3) is 0 Å². The molecule has 0 aliphatic heterocycles. The minimum atomic E-state index is -4.34. The number of hydrogen-bond acceptors (Lipinski definition) is 1. The topological polar surface area (TPSA) is 28.7 Å². The Morgan fingerprint density at radius 2 is 1.70 bits per heavy atom. The molecule has 0 saturated heterocycles. The molecule has 3 rings (SSSR count). The maximum absolute atomic E-state index is 12.7. The summed E-state index contributed by atoms with van der Waals surface area (Å²) in [7, 11) is 0. The van der Waals surface area contributed by atoms with Crippen LogP contribution in [0.2, 0.25) is 0 Å². The van der Waals surface area contributed by atoms with Crippen LogP contribution in [-0.4, -0.2) is 9.97 Å². The number of nitrogens with zero attached hydrogens (tertiary/aromatic N) is 1.